The number of amides is 2. The summed E-state index contributed by atoms with van der Waals surface area (Å²) in [5.74, 6) is -3.20. The van der Waals surface area contributed by atoms with E-state index in [1.807, 2.05) is 23.1 Å². The predicted octanol–water partition coefficient (Wildman–Crippen LogP) is 5.51. The minimum absolute atomic E-state index is 0.242. The molecule has 4 atom stereocenters. The van der Waals surface area contributed by atoms with Gasteiger partial charge in [-0.15, -0.1) is 0 Å². The Morgan fingerprint density at radius 1 is 0.914 bits per heavy atom. The average Bonchev–Trinajstić information content (AvgIpc) is 3.32. The summed E-state index contributed by atoms with van der Waals surface area (Å²) in [4.78, 5) is 44.4. The molecule has 3 heterocycles. The van der Waals surface area contributed by atoms with Crippen LogP contribution in [0.2, 0.25) is 5.02 Å². The van der Waals surface area contributed by atoms with Crippen molar-refractivity contribution in [1.29, 1.82) is 0 Å². The fraction of sp³-hybridized carbons (Fsp3) is 0.148. The number of imide groups is 1. The van der Waals surface area contributed by atoms with E-state index >= 15 is 0 Å². The Kier molecular flexibility index (Phi) is 5.16. The maximum Gasteiger partial charge on any atom is 0.240 e. The van der Waals surface area contributed by atoms with Gasteiger partial charge in [-0.25, -0.2) is 9.29 Å². The highest BCUT2D eigenvalue weighted by Gasteiger charge is 2.64. The molecule has 0 unspecified atom stereocenters. The summed E-state index contributed by atoms with van der Waals surface area (Å²) in [6, 6.07) is 16.2. The average molecular weight is 552 g/mol. The first kappa shape index (κ1) is 22.2. The molecule has 0 radical (unpaired) electrons. The van der Waals surface area contributed by atoms with E-state index in [2.05, 4.69) is 15.9 Å². The van der Waals surface area contributed by atoms with Gasteiger partial charge in [0.05, 0.1) is 23.6 Å². The summed E-state index contributed by atoms with van der Waals surface area (Å²) < 4.78 is 14.3. The Balaban J connectivity index is 1.49. The summed E-state index contributed by atoms with van der Waals surface area (Å²) >= 11 is 9.59. The van der Waals surface area contributed by atoms with E-state index in [9.17, 15) is 18.8 Å². The molecule has 35 heavy (non-hydrogen) atoms. The molecule has 3 aliphatic rings. The van der Waals surface area contributed by atoms with Gasteiger partial charge in [0, 0.05) is 20.7 Å². The van der Waals surface area contributed by atoms with Crippen LogP contribution in [0, 0.1) is 17.7 Å². The molecule has 0 N–H and O–H groups in total. The van der Waals surface area contributed by atoms with Gasteiger partial charge in [0.25, 0.3) is 0 Å². The van der Waals surface area contributed by atoms with Crippen molar-refractivity contribution in [3.8, 4) is 0 Å². The van der Waals surface area contributed by atoms with Crippen LogP contribution in [0.15, 0.2) is 77.3 Å². The van der Waals surface area contributed by atoms with Crippen LogP contribution in [0.3, 0.4) is 0 Å². The molecule has 3 aromatic rings. The minimum atomic E-state index is -0.891. The van der Waals surface area contributed by atoms with Crippen molar-refractivity contribution < 1.29 is 18.8 Å². The van der Waals surface area contributed by atoms with Crippen molar-refractivity contribution in [3.63, 3.8) is 0 Å². The molecule has 174 valence electrons. The molecule has 0 aromatic heterocycles. The van der Waals surface area contributed by atoms with Crippen molar-refractivity contribution >= 4 is 62.6 Å². The van der Waals surface area contributed by atoms with Crippen LogP contribution < -0.4 is 9.80 Å². The fourth-order valence-electron chi connectivity index (χ4n) is 5.47. The second-order valence-electron chi connectivity index (χ2n) is 8.82. The number of halogens is 3. The van der Waals surface area contributed by atoms with Crippen LogP contribution in [0.4, 0.5) is 15.8 Å². The number of carbonyl (C=O) groups is 3. The first-order valence-electron chi connectivity index (χ1n) is 11.0. The van der Waals surface area contributed by atoms with Gasteiger partial charge in [0.1, 0.15) is 11.9 Å². The van der Waals surface area contributed by atoms with Crippen molar-refractivity contribution in [2.24, 2.45) is 11.8 Å². The molecule has 3 aliphatic heterocycles. The number of carbonyl (C=O) groups excluding carboxylic acids is 3. The lowest BCUT2D eigenvalue weighted by Crippen LogP contribution is -2.48. The normalized spacial score (nSPS) is 24.4. The lowest BCUT2D eigenvalue weighted by atomic mass is 9.86. The number of nitrogens with zero attached hydrogens (tertiary/aromatic N) is 2. The van der Waals surface area contributed by atoms with E-state index in [0.717, 1.165) is 20.6 Å². The van der Waals surface area contributed by atoms with Gasteiger partial charge < -0.3 is 4.90 Å². The van der Waals surface area contributed by atoms with Crippen LogP contribution in [-0.4, -0.2) is 29.7 Å². The number of fused-ring (bicyclic) bond motifs is 5. The van der Waals surface area contributed by atoms with Crippen LogP contribution >= 0.6 is 27.5 Å². The molecule has 3 aromatic carbocycles. The Bertz CT molecular complexity index is 1420. The number of hydrogen-bond acceptors (Lipinski definition) is 4. The Hall–Kier alpha value is -3.29. The second kappa shape index (κ2) is 8.14. The van der Waals surface area contributed by atoms with Gasteiger partial charge in [-0.1, -0.05) is 51.8 Å². The third kappa shape index (κ3) is 3.37. The molecule has 2 saturated heterocycles. The minimum Gasteiger partial charge on any atom is -0.352 e. The highest BCUT2D eigenvalue weighted by molar-refractivity contribution is 9.10. The third-order valence-electron chi connectivity index (χ3n) is 6.95. The molecule has 2 fully saturated rings. The maximum absolute atomic E-state index is 13.9. The fourth-order valence-corrected chi connectivity index (χ4v) is 5.92. The highest BCUT2D eigenvalue weighted by Crippen LogP contribution is 2.50. The van der Waals surface area contributed by atoms with E-state index in [1.165, 1.54) is 24.3 Å². The van der Waals surface area contributed by atoms with Crippen LogP contribution in [0.25, 0.3) is 6.08 Å². The molecule has 2 amide bonds. The van der Waals surface area contributed by atoms with E-state index in [1.54, 1.807) is 36.4 Å². The van der Waals surface area contributed by atoms with Crippen molar-refractivity contribution in [2.45, 2.75) is 12.1 Å². The summed E-state index contributed by atoms with van der Waals surface area (Å²) in [6.07, 6.45) is 3.74. The van der Waals surface area contributed by atoms with Gasteiger partial charge in [-0.05, 0) is 60.2 Å². The zero-order chi connectivity index (χ0) is 24.4. The molecule has 0 aliphatic carbocycles. The quantitative estimate of drug-likeness (QED) is 0.318. The van der Waals surface area contributed by atoms with Crippen LogP contribution in [0.1, 0.15) is 15.9 Å². The van der Waals surface area contributed by atoms with E-state index < -0.39 is 41.6 Å². The van der Waals surface area contributed by atoms with Gasteiger partial charge in [-0.2, -0.15) is 0 Å². The number of hydrogen-bond donors (Lipinski definition) is 0. The zero-order valence-corrected chi connectivity index (χ0v) is 20.4. The number of anilines is 2. The molecule has 6 rings (SSSR count). The SMILES string of the molecule is O=C(c1ccc(Br)cc1)[C@@H]1[C@@H]2C(=O)N(c3ccc(F)cc3)C(=O)[C@@H]2[C@H]2C=Cc3cc(Cl)ccc3N21. The second-order valence-corrected chi connectivity index (χ2v) is 10.2. The lowest BCUT2D eigenvalue weighted by Gasteiger charge is -2.36. The van der Waals surface area contributed by atoms with Gasteiger partial charge in [0.15, 0.2) is 5.78 Å². The van der Waals surface area contributed by atoms with Crippen LogP contribution in [0.5, 0.6) is 0 Å². The first-order valence-corrected chi connectivity index (χ1v) is 12.2. The van der Waals surface area contributed by atoms with Gasteiger partial charge in [0.2, 0.25) is 11.8 Å². The van der Waals surface area contributed by atoms with Crippen molar-refractivity contribution in [2.75, 3.05) is 9.80 Å². The molecular formula is C27H17BrClFN2O3. The van der Waals surface area contributed by atoms with Gasteiger partial charge >= 0.3 is 0 Å². The monoisotopic (exact) mass is 550 g/mol. The topological polar surface area (TPSA) is 57.7 Å². The Morgan fingerprint density at radius 2 is 1.60 bits per heavy atom. The van der Waals surface area contributed by atoms with E-state index in [-0.39, 0.29) is 5.78 Å². The third-order valence-corrected chi connectivity index (χ3v) is 7.71. The van der Waals surface area contributed by atoms with E-state index in [0.29, 0.717) is 16.3 Å². The van der Waals surface area contributed by atoms with E-state index in [4.69, 9.17) is 11.6 Å². The Labute approximate surface area is 213 Å². The molecule has 0 saturated carbocycles. The first-order chi connectivity index (χ1) is 16.8. The number of Topliss-reactive ketones (excluding diaryl/α,β-unsaturated/α-hetero) is 1. The summed E-state index contributed by atoms with van der Waals surface area (Å²) in [6.45, 7) is 0. The Morgan fingerprint density at radius 3 is 2.31 bits per heavy atom. The van der Waals surface area contributed by atoms with Gasteiger partial charge in [-0.3, -0.25) is 14.4 Å². The number of benzene rings is 3. The van der Waals surface area contributed by atoms with Crippen molar-refractivity contribution in [1.82, 2.24) is 0 Å². The summed E-state index contributed by atoms with van der Waals surface area (Å²) in [5, 5.41) is 0.552. The number of ketones is 1. The number of rotatable bonds is 3. The van der Waals surface area contributed by atoms with Crippen LogP contribution in [-0.2, 0) is 9.59 Å². The standard InChI is InChI=1S/C27H17BrClFN2O3/c28-16-4-1-14(2-5-16)25(33)24-23-22(21-11-3-15-13-17(29)6-12-20(15)32(21)24)26(34)31(27(23)35)19-9-7-18(30)8-10-19/h1-13,21-24H/t21-,22-,23-,24+/m1/s1. The predicted molar refractivity (Wildman–Crippen MR) is 135 cm³/mol. The highest BCUT2D eigenvalue weighted by atomic mass is 79.9. The molecule has 5 nitrogen and oxygen atoms in total. The zero-order valence-electron chi connectivity index (χ0n) is 18.1. The molecule has 0 bridgehead atoms. The summed E-state index contributed by atoms with van der Waals surface area (Å²) in [5.41, 5.74) is 2.31. The largest absolute Gasteiger partial charge is 0.352 e. The summed E-state index contributed by atoms with van der Waals surface area (Å²) in [7, 11) is 0. The maximum atomic E-state index is 13.9. The van der Waals surface area contributed by atoms with Crippen molar-refractivity contribution in [3.05, 3.63) is 99.2 Å². The lowest BCUT2D eigenvalue weighted by molar-refractivity contribution is -0.122. The molecular weight excluding hydrogens is 535 g/mol. The molecule has 8 heteroatoms. The molecule has 0 spiro atoms. The smallest absolute Gasteiger partial charge is 0.240 e.